The third-order valence-electron chi connectivity index (χ3n) is 4.45. The second-order valence-electron chi connectivity index (χ2n) is 5.92. The largest absolute Gasteiger partial charge is 0.493 e. The van der Waals surface area contributed by atoms with Gasteiger partial charge in [-0.25, -0.2) is 0 Å². The number of benzene rings is 2. The van der Waals surface area contributed by atoms with E-state index in [-0.39, 0.29) is 0 Å². The maximum Gasteiger partial charge on any atom is 0.203 e. The number of hydrogen-bond acceptors (Lipinski definition) is 6. The van der Waals surface area contributed by atoms with Crippen LogP contribution in [0.3, 0.4) is 0 Å². The van der Waals surface area contributed by atoms with E-state index < -0.39 is 0 Å². The molecule has 0 saturated carbocycles. The van der Waals surface area contributed by atoms with Crippen LogP contribution in [0.5, 0.6) is 17.2 Å². The highest BCUT2D eigenvalue weighted by Gasteiger charge is 2.18. The molecule has 6 heteroatoms. The Morgan fingerprint density at radius 2 is 1.56 bits per heavy atom. The Labute approximate surface area is 161 Å². The lowest BCUT2D eigenvalue weighted by atomic mass is 10.0. The zero-order valence-corrected chi connectivity index (χ0v) is 16.0. The van der Waals surface area contributed by atoms with Gasteiger partial charge in [0.25, 0.3) is 0 Å². The minimum absolute atomic E-state index is 0.576. The molecule has 0 aliphatic heterocycles. The molecule has 0 aliphatic rings. The fourth-order valence-corrected chi connectivity index (χ4v) is 3.87. The fourth-order valence-electron chi connectivity index (χ4n) is 3.12. The first kappa shape index (κ1) is 17.3. The van der Waals surface area contributed by atoms with E-state index in [1.165, 1.54) is 11.5 Å². The molecule has 4 aromatic rings. The van der Waals surface area contributed by atoms with Gasteiger partial charge in [-0.05, 0) is 46.7 Å². The minimum Gasteiger partial charge on any atom is -0.493 e. The summed E-state index contributed by atoms with van der Waals surface area (Å²) in [7, 11) is 4.83. The second-order valence-corrected chi connectivity index (χ2v) is 6.72. The standard InChI is InChI=1S/C21H18N2O3S/c1-24-18-9-15(10-19(25-2)20(18)26-3)21-17(12-23-27-21)14-5-4-13-6-7-22-11-16(13)8-14/h4-12H,1-3H3. The number of fused-ring (bicyclic) bond motifs is 1. The van der Waals surface area contributed by atoms with Gasteiger partial charge in [-0.15, -0.1) is 0 Å². The molecule has 2 aromatic heterocycles. The highest BCUT2D eigenvalue weighted by Crippen LogP contribution is 2.44. The van der Waals surface area contributed by atoms with Crippen molar-refractivity contribution in [2.45, 2.75) is 0 Å². The molecule has 2 heterocycles. The summed E-state index contributed by atoms with van der Waals surface area (Å²) in [6.45, 7) is 0. The first-order valence-corrected chi connectivity index (χ1v) is 9.11. The topological polar surface area (TPSA) is 53.5 Å². The van der Waals surface area contributed by atoms with Crippen molar-refractivity contribution < 1.29 is 14.2 Å². The Morgan fingerprint density at radius 3 is 2.26 bits per heavy atom. The molecular weight excluding hydrogens is 360 g/mol. The molecular formula is C21H18N2O3S. The Morgan fingerprint density at radius 1 is 0.778 bits per heavy atom. The molecule has 0 spiro atoms. The molecule has 136 valence electrons. The summed E-state index contributed by atoms with van der Waals surface area (Å²) >= 11 is 1.44. The first-order chi connectivity index (χ1) is 13.2. The Balaban J connectivity index is 1.86. The smallest absolute Gasteiger partial charge is 0.203 e. The van der Waals surface area contributed by atoms with Gasteiger partial charge in [0.05, 0.1) is 26.2 Å². The van der Waals surface area contributed by atoms with Gasteiger partial charge in [-0.1, -0.05) is 12.1 Å². The summed E-state index contributed by atoms with van der Waals surface area (Å²) in [5.41, 5.74) is 3.11. The van der Waals surface area contributed by atoms with Crippen molar-refractivity contribution in [1.82, 2.24) is 9.36 Å². The molecule has 0 N–H and O–H groups in total. The Hall–Kier alpha value is -3.12. The number of nitrogens with zero attached hydrogens (tertiary/aromatic N) is 2. The molecule has 0 atom stereocenters. The molecule has 0 fully saturated rings. The maximum atomic E-state index is 5.49. The van der Waals surface area contributed by atoms with Gasteiger partial charge in [0, 0.05) is 35.1 Å². The monoisotopic (exact) mass is 378 g/mol. The molecule has 2 aromatic carbocycles. The average molecular weight is 378 g/mol. The molecule has 0 unspecified atom stereocenters. The Bertz CT molecular complexity index is 1080. The van der Waals surface area contributed by atoms with Crippen molar-refractivity contribution in [1.29, 1.82) is 0 Å². The van der Waals surface area contributed by atoms with Crippen molar-refractivity contribution in [2.24, 2.45) is 0 Å². The summed E-state index contributed by atoms with van der Waals surface area (Å²) < 4.78 is 20.8. The van der Waals surface area contributed by atoms with Gasteiger partial charge in [0.2, 0.25) is 5.75 Å². The molecule has 0 radical (unpaired) electrons. The van der Waals surface area contributed by atoms with Crippen molar-refractivity contribution in [2.75, 3.05) is 21.3 Å². The molecule has 27 heavy (non-hydrogen) atoms. The van der Waals surface area contributed by atoms with Crippen LogP contribution in [0.1, 0.15) is 0 Å². The second kappa shape index (κ2) is 7.25. The van der Waals surface area contributed by atoms with E-state index in [9.17, 15) is 0 Å². The van der Waals surface area contributed by atoms with E-state index in [1.54, 1.807) is 27.5 Å². The van der Waals surface area contributed by atoms with Crippen molar-refractivity contribution in [3.8, 4) is 38.8 Å². The van der Waals surface area contributed by atoms with Gasteiger partial charge in [-0.3, -0.25) is 4.98 Å². The number of hydrogen-bond donors (Lipinski definition) is 0. The number of pyridine rings is 1. The van der Waals surface area contributed by atoms with Gasteiger partial charge >= 0.3 is 0 Å². The Kier molecular flexibility index (Phi) is 4.64. The molecule has 0 amide bonds. The van der Waals surface area contributed by atoms with Crippen LogP contribution in [-0.2, 0) is 0 Å². The average Bonchev–Trinajstić information content (AvgIpc) is 3.22. The lowest BCUT2D eigenvalue weighted by molar-refractivity contribution is 0.324. The van der Waals surface area contributed by atoms with E-state index in [4.69, 9.17) is 14.2 Å². The highest BCUT2D eigenvalue weighted by molar-refractivity contribution is 7.10. The predicted octanol–water partition coefficient (Wildman–Crippen LogP) is 5.05. The summed E-state index contributed by atoms with van der Waals surface area (Å²) in [5, 5.41) is 2.25. The number of methoxy groups -OCH3 is 3. The lowest BCUT2D eigenvalue weighted by Crippen LogP contribution is -1.95. The third kappa shape index (κ3) is 3.08. The van der Waals surface area contributed by atoms with Gasteiger partial charge in [0.15, 0.2) is 11.5 Å². The molecule has 0 bridgehead atoms. The number of rotatable bonds is 5. The fraction of sp³-hybridized carbons (Fsp3) is 0.143. The van der Waals surface area contributed by atoms with E-state index >= 15 is 0 Å². The van der Waals surface area contributed by atoms with Crippen LogP contribution >= 0.6 is 11.5 Å². The van der Waals surface area contributed by atoms with Crippen LogP contribution in [0, 0.1) is 0 Å². The van der Waals surface area contributed by atoms with Crippen LogP contribution in [0.15, 0.2) is 55.0 Å². The summed E-state index contributed by atoms with van der Waals surface area (Å²) in [5.74, 6) is 1.81. The van der Waals surface area contributed by atoms with Crippen LogP contribution < -0.4 is 14.2 Å². The highest BCUT2D eigenvalue weighted by atomic mass is 32.1. The zero-order chi connectivity index (χ0) is 18.8. The molecule has 4 rings (SSSR count). The normalized spacial score (nSPS) is 10.8. The van der Waals surface area contributed by atoms with Gasteiger partial charge < -0.3 is 14.2 Å². The van der Waals surface area contributed by atoms with E-state index in [2.05, 4.69) is 27.6 Å². The minimum atomic E-state index is 0.576. The number of aromatic nitrogens is 2. The van der Waals surface area contributed by atoms with E-state index in [0.29, 0.717) is 17.2 Å². The first-order valence-electron chi connectivity index (χ1n) is 8.34. The molecule has 0 saturated heterocycles. The van der Waals surface area contributed by atoms with E-state index in [1.807, 2.05) is 30.6 Å². The van der Waals surface area contributed by atoms with Crippen molar-refractivity contribution >= 4 is 22.3 Å². The molecule has 5 nitrogen and oxygen atoms in total. The predicted molar refractivity (Wildman–Crippen MR) is 108 cm³/mol. The SMILES string of the molecule is COc1cc(-c2sncc2-c2ccc3ccncc3c2)cc(OC)c1OC. The van der Waals surface area contributed by atoms with Crippen LogP contribution in [0.4, 0.5) is 0 Å². The van der Waals surface area contributed by atoms with E-state index in [0.717, 1.165) is 32.3 Å². The quantitative estimate of drug-likeness (QED) is 0.486. The van der Waals surface area contributed by atoms with Crippen molar-refractivity contribution in [3.05, 3.63) is 55.0 Å². The maximum absolute atomic E-state index is 5.49. The van der Waals surface area contributed by atoms with Crippen molar-refractivity contribution in [3.63, 3.8) is 0 Å². The third-order valence-corrected chi connectivity index (χ3v) is 5.30. The van der Waals surface area contributed by atoms with Crippen LogP contribution in [0.2, 0.25) is 0 Å². The summed E-state index contributed by atoms with van der Waals surface area (Å²) in [6, 6.07) is 12.2. The van der Waals surface area contributed by atoms with Gasteiger partial charge in [-0.2, -0.15) is 4.37 Å². The van der Waals surface area contributed by atoms with Crippen LogP contribution in [-0.4, -0.2) is 30.7 Å². The molecule has 0 aliphatic carbocycles. The van der Waals surface area contributed by atoms with Gasteiger partial charge in [0.1, 0.15) is 0 Å². The zero-order valence-electron chi connectivity index (χ0n) is 15.2. The van der Waals surface area contributed by atoms with Crippen LogP contribution in [0.25, 0.3) is 32.3 Å². The number of ether oxygens (including phenoxy) is 3. The summed E-state index contributed by atoms with van der Waals surface area (Å²) in [6.07, 6.45) is 5.56. The lowest BCUT2D eigenvalue weighted by Gasteiger charge is -2.14. The summed E-state index contributed by atoms with van der Waals surface area (Å²) in [4.78, 5) is 5.26.